The molecule has 4 unspecified atom stereocenters. The van der Waals surface area contributed by atoms with Crippen LogP contribution in [0.3, 0.4) is 0 Å². The lowest BCUT2D eigenvalue weighted by Crippen LogP contribution is -2.57. The third-order valence-corrected chi connectivity index (χ3v) is 6.76. The van der Waals surface area contributed by atoms with Crippen LogP contribution in [0, 0.1) is 23.2 Å². The molecule has 1 saturated heterocycles. The zero-order valence-electron chi connectivity index (χ0n) is 15.1. The van der Waals surface area contributed by atoms with Crippen molar-refractivity contribution in [1.29, 1.82) is 0 Å². The fourth-order valence-electron chi connectivity index (χ4n) is 4.60. The van der Waals surface area contributed by atoms with Crippen LogP contribution < -0.4 is 5.73 Å². The van der Waals surface area contributed by atoms with Gasteiger partial charge in [0, 0.05) is 18.6 Å². The molecule has 1 saturated carbocycles. The molecule has 124 valence electrons. The predicted molar refractivity (Wildman–Crippen MR) is 92.3 cm³/mol. The van der Waals surface area contributed by atoms with Gasteiger partial charge in [-0.25, -0.2) is 0 Å². The van der Waals surface area contributed by atoms with E-state index in [0.29, 0.717) is 11.0 Å². The molecule has 4 atom stereocenters. The molecule has 0 spiro atoms. The van der Waals surface area contributed by atoms with Crippen molar-refractivity contribution in [2.45, 2.75) is 78.7 Å². The van der Waals surface area contributed by atoms with Gasteiger partial charge >= 0.3 is 0 Å². The van der Waals surface area contributed by atoms with Crippen LogP contribution in [0.25, 0.3) is 0 Å². The van der Waals surface area contributed by atoms with Crippen molar-refractivity contribution >= 4 is 0 Å². The highest BCUT2D eigenvalue weighted by atomic mass is 15.2. The van der Waals surface area contributed by atoms with E-state index in [4.69, 9.17) is 5.73 Å². The minimum atomic E-state index is 0.300. The van der Waals surface area contributed by atoms with Crippen molar-refractivity contribution in [3.63, 3.8) is 0 Å². The Bertz CT molecular complexity index is 333. The quantitative estimate of drug-likeness (QED) is 0.770. The summed E-state index contributed by atoms with van der Waals surface area (Å²) in [6, 6.07) is 0. The van der Waals surface area contributed by atoms with Gasteiger partial charge in [-0.1, -0.05) is 41.0 Å². The second kappa shape index (κ2) is 6.58. The number of rotatable bonds is 2. The maximum atomic E-state index is 6.33. The average Bonchev–Trinajstić information content (AvgIpc) is 2.65. The van der Waals surface area contributed by atoms with Gasteiger partial charge in [-0.05, 0) is 61.8 Å². The Morgan fingerprint density at radius 3 is 2.33 bits per heavy atom. The first kappa shape index (κ1) is 17.3. The number of nitrogens with two attached hydrogens (primary N) is 1. The molecule has 1 aliphatic heterocycles. The van der Waals surface area contributed by atoms with E-state index >= 15 is 0 Å². The lowest BCUT2D eigenvalue weighted by molar-refractivity contribution is 0.0190. The van der Waals surface area contributed by atoms with Gasteiger partial charge in [0.2, 0.25) is 0 Å². The van der Waals surface area contributed by atoms with Crippen molar-refractivity contribution in [3.05, 3.63) is 0 Å². The molecular formula is C19H38N2. The monoisotopic (exact) mass is 294 g/mol. The largest absolute Gasteiger partial charge is 0.329 e. The first-order valence-corrected chi connectivity index (χ1v) is 9.23. The van der Waals surface area contributed by atoms with Crippen molar-refractivity contribution in [3.8, 4) is 0 Å². The van der Waals surface area contributed by atoms with E-state index in [-0.39, 0.29) is 0 Å². The highest BCUT2D eigenvalue weighted by molar-refractivity contribution is 4.97. The van der Waals surface area contributed by atoms with Gasteiger partial charge < -0.3 is 5.73 Å². The Balaban J connectivity index is 2.08. The second-order valence-corrected chi connectivity index (χ2v) is 9.11. The summed E-state index contributed by atoms with van der Waals surface area (Å²) in [7, 11) is 0. The number of piperidine rings is 1. The average molecular weight is 295 g/mol. The summed E-state index contributed by atoms with van der Waals surface area (Å²) in [6.45, 7) is 15.5. The molecule has 1 heterocycles. The second-order valence-electron chi connectivity index (χ2n) is 9.11. The molecule has 2 nitrogen and oxygen atoms in total. The lowest BCUT2D eigenvalue weighted by atomic mass is 9.75. The SMILES string of the molecule is CC1CCN(C2(CN)CCCC(C(C)(C)C)CC2)CC1C. The van der Waals surface area contributed by atoms with Gasteiger partial charge in [0.1, 0.15) is 0 Å². The highest BCUT2D eigenvalue weighted by Crippen LogP contribution is 2.42. The molecule has 0 aromatic heterocycles. The van der Waals surface area contributed by atoms with Crippen molar-refractivity contribution in [2.75, 3.05) is 19.6 Å². The maximum Gasteiger partial charge on any atom is 0.0331 e. The van der Waals surface area contributed by atoms with Crippen LogP contribution >= 0.6 is 0 Å². The first-order chi connectivity index (χ1) is 9.78. The minimum Gasteiger partial charge on any atom is -0.329 e. The maximum absolute atomic E-state index is 6.33. The van der Waals surface area contributed by atoms with Crippen LogP contribution in [0.15, 0.2) is 0 Å². The van der Waals surface area contributed by atoms with Gasteiger partial charge in [0.05, 0.1) is 0 Å². The molecule has 0 bridgehead atoms. The summed E-state index contributed by atoms with van der Waals surface area (Å²) in [5, 5.41) is 0. The van der Waals surface area contributed by atoms with Crippen LogP contribution in [0.4, 0.5) is 0 Å². The predicted octanol–water partition coefficient (Wildman–Crippen LogP) is 4.29. The standard InChI is InChI=1S/C19H38N2/c1-15-9-12-21(13-16(15)2)19(14-20)10-6-7-17(8-11-19)18(3,4)5/h15-17H,6-14,20H2,1-5H3. The minimum absolute atomic E-state index is 0.300. The van der Waals surface area contributed by atoms with E-state index in [2.05, 4.69) is 39.5 Å². The Hall–Kier alpha value is -0.0800. The number of nitrogens with zero attached hydrogens (tertiary/aromatic N) is 1. The van der Waals surface area contributed by atoms with Crippen LogP contribution in [-0.4, -0.2) is 30.1 Å². The summed E-state index contributed by atoms with van der Waals surface area (Å²) < 4.78 is 0. The van der Waals surface area contributed by atoms with Crippen LogP contribution in [0.2, 0.25) is 0 Å². The zero-order valence-corrected chi connectivity index (χ0v) is 15.1. The van der Waals surface area contributed by atoms with Crippen molar-refractivity contribution in [1.82, 2.24) is 4.90 Å². The Labute approximate surface area is 132 Å². The molecule has 0 aromatic rings. The number of hydrogen-bond donors (Lipinski definition) is 1. The summed E-state index contributed by atoms with van der Waals surface area (Å²) in [4.78, 5) is 2.78. The molecule has 2 heteroatoms. The van der Waals surface area contributed by atoms with Crippen molar-refractivity contribution < 1.29 is 0 Å². The molecular weight excluding hydrogens is 256 g/mol. The van der Waals surface area contributed by atoms with E-state index < -0.39 is 0 Å². The number of likely N-dealkylation sites (tertiary alicyclic amines) is 1. The van der Waals surface area contributed by atoms with Crippen molar-refractivity contribution in [2.24, 2.45) is 28.9 Å². The molecule has 2 fully saturated rings. The first-order valence-electron chi connectivity index (χ1n) is 9.23. The van der Waals surface area contributed by atoms with Crippen LogP contribution in [0.5, 0.6) is 0 Å². The van der Waals surface area contributed by atoms with Gasteiger partial charge in [-0.2, -0.15) is 0 Å². The lowest BCUT2D eigenvalue weighted by Gasteiger charge is -2.48. The van der Waals surface area contributed by atoms with Gasteiger partial charge in [-0.15, -0.1) is 0 Å². The van der Waals surface area contributed by atoms with E-state index in [1.165, 1.54) is 51.6 Å². The summed E-state index contributed by atoms with van der Waals surface area (Å²) in [5.74, 6) is 2.57. The Kier molecular flexibility index (Phi) is 5.41. The van der Waals surface area contributed by atoms with E-state index in [0.717, 1.165) is 24.3 Å². The molecule has 2 aliphatic rings. The summed E-state index contributed by atoms with van der Waals surface area (Å²) in [6.07, 6.45) is 8.10. The molecule has 1 aliphatic carbocycles. The van der Waals surface area contributed by atoms with Crippen LogP contribution in [0.1, 0.15) is 73.1 Å². The Morgan fingerprint density at radius 2 is 1.76 bits per heavy atom. The van der Waals surface area contributed by atoms with E-state index in [1.807, 2.05) is 0 Å². The van der Waals surface area contributed by atoms with E-state index in [9.17, 15) is 0 Å². The topological polar surface area (TPSA) is 29.3 Å². The molecule has 0 radical (unpaired) electrons. The third kappa shape index (κ3) is 3.82. The summed E-state index contributed by atoms with van der Waals surface area (Å²) >= 11 is 0. The Morgan fingerprint density at radius 1 is 1.05 bits per heavy atom. The van der Waals surface area contributed by atoms with Gasteiger partial charge in [-0.3, -0.25) is 4.90 Å². The normalized spacial score (nSPS) is 40.0. The van der Waals surface area contributed by atoms with Gasteiger partial charge in [0.15, 0.2) is 0 Å². The molecule has 0 aromatic carbocycles. The fourth-order valence-corrected chi connectivity index (χ4v) is 4.60. The third-order valence-electron chi connectivity index (χ3n) is 6.76. The van der Waals surface area contributed by atoms with Crippen LogP contribution in [-0.2, 0) is 0 Å². The zero-order chi connectivity index (χ0) is 15.7. The van der Waals surface area contributed by atoms with Gasteiger partial charge in [0.25, 0.3) is 0 Å². The molecule has 21 heavy (non-hydrogen) atoms. The molecule has 2 rings (SSSR count). The van der Waals surface area contributed by atoms with E-state index in [1.54, 1.807) is 0 Å². The highest BCUT2D eigenvalue weighted by Gasteiger charge is 2.41. The summed E-state index contributed by atoms with van der Waals surface area (Å²) in [5.41, 5.74) is 7.08. The number of hydrogen-bond acceptors (Lipinski definition) is 2. The molecule has 2 N–H and O–H groups in total. The molecule has 0 amide bonds. The smallest absolute Gasteiger partial charge is 0.0331 e. The fraction of sp³-hybridized carbons (Fsp3) is 1.00.